The topological polar surface area (TPSA) is 310 Å². The Labute approximate surface area is 335 Å². The summed E-state index contributed by atoms with van der Waals surface area (Å²) in [5.74, 6) is -7.02. The smallest absolute Gasteiger partial charge is 0.550 e. The Balaban J connectivity index is -0.00000125. The van der Waals surface area contributed by atoms with E-state index < -0.39 is 51.7 Å². The third kappa shape index (κ3) is 44.6. The largest absolute Gasteiger partial charge is 2.00 e. The zero-order valence-electron chi connectivity index (χ0n) is 31.6. The molecule has 0 aromatic rings. The fourth-order valence-corrected chi connectivity index (χ4v) is 10.9. The SMILES string of the molecule is CC(=O)[O-].CC(=O)[O-].O=C(O)CC(CO)CCCP(CCCC(CO)CC(=O)O)CCCP(CCCC(CO)CC(=O)O)CCCC(CO)CC(=O)O.[Pd+2]. The van der Waals surface area contributed by atoms with Crippen molar-refractivity contribution in [1.82, 2.24) is 0 Å². The molecule has 0 saturated carbocycles. The summed E-state index contributed by atoms with van der Waals surface area (Å²) in [6.45, 7) is 1.26. The van der Waals surface area contributed by atoms with Gasteiger partial charge in [-0.15, -0.1) is 15.8 Å². The molecule has 0 radical (unpaired) electrons. The summed E-state index contributed by atoms with van der Waals surface area (Å²) < 4.78 is 0. The van der Waals surface area contributed by atoms with Crippen molar-refractivity contribution in [3.63, 3.8) is 0 Å². The van der Waals surface area contributed by atoms with Gasteiger partial charge in [0.1, 0.15) is 0 Å². The fraction of sp³-hybridized carbons (Fsp3) is 0.829. The molecule has 0 aromatic heterocycles. The molecule has 0 rings (SSSR count). The van der Waals surface area contributed by atoms with Gasteiger partial charge < -0.3 is 60.7 Å². The number of carbonyl (C=O) groups is 6. The molecule has 0 aliphatic carbocycles. The molecule has 0 fully saturated rings. The van der Waals surface area contributed by atoms with Crippen molar-refractivity contribution >= 4 is 51.7 Å². The number of rotatable bonds is 32. The summed E-state index contributed by atoms with van der Waals surface area (Å²) in [6.07, 6.45) is 12.1. The van der Waals surface area contributed by atoms with Crippen molar-refractivity contribution in [2.75, 3.05) is 63.4 Å². The third-order valence-electron chi connectivity index (χ3n) is 8.18. The van der Waals surface area contributed by atoms with Crippen LogP contribution in [0.3, 0.4) is 0 Å². The Kier molecular flexibility index (Phi) is 43.0. The minimum absolute atomic E-state index is 0. The van der Waals surface area contributed by atoms with Gasteiger partial charge in [-0.2, -0.15) is 0 Å². The van der Waals surface area contributed by atoms with Gasteiger partial charge in [0.15, 0.2) is 0 Å². The summed E-state index contributed by atoms with van der Waals surface area (Å²) in [5, 5.41) is 92.4. The van der Waals surface area contributed by atoms with Gasteiger partial charge in [-0.3, -0.25) is 19.2 Å². The molecule has 0 heterocycles. The maximum absolute atomic E-state index is 11.1. The molecular formula is C35H64O16P2Pd. The molecule has 54 heavy (non-hydrogen) atoms. The Morgan fingerprint density at radius 1 is 0.426 bits per heavy atom. The van der Waals surface area contributed by atoms with E-state index in [1.54, 1.807) is 0 Å². The molecule has 8 N–H and O–H groups in total. The number of hydrogen-bond donors (Lipinski definition) is 8. The second-order valence-electron chi connectivity index (χ2n) is 13.2. The van der Waals surface area contributed by atoms with Crippen molar-refractivity contribution in [2.45, 2.75) is 97.3 Å². The number of carboxylic acid groups (broad SMARTS) is 6. The molecule has 4 unspecified atom stereocenters. The molecule has 0 aliphatic heterocycles. The molecule has 0 aliphatic rings. The van der Waals surface area contributed by atoms with Crippen LogP contribution >= 0.6 is 15.8 Å². The van der Waals surface area contributed by atoms with Gasteiger partial charge >= 0.3 is 44.3 Å². The average Bonchev–Trinajstić information content (AvgIpc) is 3.04. The van der Waals surface area contributed by atoms with Crippen LogP contribution < -0.4 is 10.2 Å². The predicted molar refractivity (Wildman–Crippen MR) is 197 cm³/mol. The van der Waals surface area contributed by atoms with Crippen molar-refractivity contribution in [3.8, 4) is 0 Å². The van der Waals surface area contributed by atoms with Gasteiger partial charge in [0.25, 0.3) is 0 Å². The van der Waals surface area contributed by atoms with Gasteiger partial charge in [0.05, 0.1) is 25.7 Å². The molecule has 19 heteroatoms. The van der Waals surface area contributed by atoms with E-state index in [2.05, 4.69) is 0 Å². The van der Waals surface area contributed by atoms with Gasteiger partial charge in [0.2, 0.25) is 0 Å². The van der Waals surface area contributed by atoms with Crippen LogP contribution in [0, 0.1) is 23.7 Å². The van der Waals surface area contributed by atoms with Crippen LogP contribution in [0.2, 0.25) is 0 Å². The minimum Gasteiger partial charge on any atom is -0.550 e. The van der Waals surface area contributed by atoms with Crippen LogP contribution in [0.4, 0.5) is 0 Å². The standard InChI is InChI=1S/C31H58O12P2.2C2H4O2.Pd/c32-20-24(16-28(36)37)6-1-10-44(11-2-7-25(21-33)17-29(38)39)14-5-15-45(12-3-8-26(22-34)18-30(40)41)13-4-9-27(23-35)19-31(42)43;2*1-2(3)4;/h24-27,32-35H,1-23H2,(H,36,37)(H,38,39)(H,40,41)(H,42,43);2*1H3,(H,3,4);/q;;;+2/p-2. The van der Waals surface area contributed by atoms with Crippen LogP contribution in [-0.2, 0) is 49.2 Å². The Morgan fingerprint density at radius 2 is 0.593 bits per heavy atom. The average molecular weight is 909 g/mol. The Hall–Kier alpha value is -1.82. The van der Waals surface area contributed by atoms with E-state index in [0.717, 1.165) is 82.9 Å². The van der Waals surface area contributed by atoms with Gasteiger partial charge in [0, 0.05) is 38.4 Å². The van der Waals surface area contributed by atoms with E-state index in [4.69, 9.17) is 40.2 Å². The van der Waals surface area contributed by atoms with Crippen LogP contribution in [0.1, 0.15) is 97.3 Å². The van der Waals surface area contributed by atoms with Gasteiger partial charge in [-0.1, -0.05) is 0 Å². The first-order chi connectivity index (χ1) is 24.9. The van der Waals surface area contributed by atoms with Crippen molar-refractivity contribution < 1.29 is 100 Å². The molecule has 320 valence electrons. The van der Waals surface area contributed by atoms with Crippen LogP contribution in [0.25, 0.3) is 0 Å². The molecule has 0 spiro atoms. The quantitative estimate of drug-likeness (QED) is 0.0349. The third-order valence-corrected chi connectivity index (χ3v) is 13.9. The first kappa shape index (κ1) is 58.9. The molecule has 0 bridgehead atoms. The van der Waals surface area contributed by atoms with Crippen molar-refractivity contribution in [2.24, 2.45) is 23.7 Å². The van der Waals surface area contributed by atoms with Crippen molar-refractivity contribution in [1.29, 1.82) is 0 Å². The van der Waals surface area contributed by atoms with E-state index >= 15 is 0 Å². The van der Waals surface area contributed by atoms with Crippen LogP contribution in [0.15, 0.2) is 0 Å². The van der Waals surface area contributed by atoms with Gasteiger partial charge in [-0.05, 0) is 132 Å². The molecule has 0 aromatic carbocycles. The monoisotopic (exact) mass is 908 g/mol. The zero-order valence-corrected chi connectivity index (χ0v) is 35.0. The minimum atomic E-state index is -1.08. The Bertz CT molecular complexity index is 862. The van der Waals surface area contributed by atoms with Crippen molar-refractivity contribution in [3.05, 3.63) is 0 Å². The normalized spacial score (nSPS) is 13.9. The first-order valence-electron chi connectivity index (χ1n) is 18.0. The fourth-order valence-electron chi connectivity index (χ4n) is 5.62. The maximum Gasteiger partial charge on any atom is 2.00 e. The number of aliphatic carboxylic acids is 6. The molecule has 4 atom stereocenters. The molecule has 0 amide bonds. The van der Waals surface area contributed by atoms with Gasteiger partial charge in [-0.25, -0.2) is 0 Å². The van der Waals surface area contributed by atoms with Crippen LogP contribution in [-0.4, -0.2) is 140 Å². The van der Waals surface area contributed by atoms with E-state index in [1.165, 1.54) is 0 Å². The molecular weight excluding hydrogens is 845 g/mol. The summed E-state index contributed by atoms with van der Waals surface area (Å²) in [5.41, 5.74) is 0. The Morgan fingerprint density at radius 3 is 0.741 bits per heavy atom. The second-order valence-corrected chi connectivity index (χ2v) is 18.5. The van der Waals surface area contributed by atoms with E-state index in [1.807, 2.05) is 0 Å². The number of hydrogen-bond acceptors (Lipinski definition) is 12. The first-order valence-corrected chi connectivity index (χ1v) is 21.8. The molecule has 0 saturated heterocycles. The van der Waals surface area contributed by atoms with E-state index in [0.29, 0.717) is 25.7 Å². The molecule has 16 nitrogen and oxygen atoms in total. The second kappa shape index (κ2) is 39.4. The number of aliphatic hydroxyl groups is 4. The summed E-state index contributed by atoms with van der Waals surface area (Å²) >= 11 is 0. The summed E-state index contributed by atoms with van der Waals surface area (Å²) in [7, 11) is -0.839. The summed E-state index contributed by atoms with van der Waals surface area (Å²) in [6, 6.07) is 0. The van der Waals surface area contributed by atoms with E-state index in [9.17, 15) is 39.6 Å². The predicted octanol–water partition coefficient (Wildman–Crippen LogP) is 1.30. The number of aliphatic hydroxyl groups excluding tert-OH is 4. The zero-order chi connectivity index (χ0) is 41.2. The maximum atomic E-state index is 11.1. The summed E-state index contributed by atoms with van der Waals surface area (Å²) in [4.78, 5) is 62.1. The van der Waals surface area contributed by atoms with Crippen LogP contribution in [0.5, 0.6) is 0 Å². The number of carboxylic acids is 6. The number of carbonyl (C=O) groups excluding carboxylic acids is 2. The van der Waals surface area contributed by atoms with E-state index in [-0.39, 0.29) is 96.2 Å².